The van der Waals surface area contributed by atoms with E-state index in [2.05, 4.69) is 29.3 Å². The Labute approximate surface area is 96.3 Å². The Morgan fingerprint density at radius 3 is 3.19 bits per heavy atom. The van der Waals surface area contributed by atoms with Crippen LogP contribution in [0.5, 0.6) is 0 Å². The molecule has 0 saturated heterocycles. The van der Waals surface area contributed by atoms with Crippen molar-refractivity contribution in [3.63, 3.8) is 0 Å². The normalized spacial score (nSPS) is 15.2. The van der Waals surface area contributed by atoms with Crippen LogP contribution in [-0.2, 0) is 6.42 Å². The summed E-state index contributed by atoms with van der Waals surface area (Å²) >= 11 is 1.42. The Morgan fingerprint density at radius 2 is 2.44 bits per heavy atom. The molecule has 7 heteroatoms. The Bertz CT molecular complexity index is 450. The first-order valence-electron chi connectivity index (χ1n) is 5.24. The van der Waals surface area contributed by atoms with Crippen molar-refractivity contribution in [1.82, 2.24) is 19.5 Å². The molecular formula is C9H11N5OS. The third kappa shape index (κ3) is 2.19. The van der Waals surface area contributed by atoms with Crippen molar-refractivity contribution in [2.45, 2.75) is 25.2 Å². The summed E-state index contributed by atoms with van der Waals surface area (Å²) in [5.74, 6) is 2.32. The summed E-state index contributed by atoms with van der Waals surface area (Å²) in [6.07, 6.45) is 4.54. The van der Waals surface area contributed by atoms with Crippen LogP contribution < -0.4 is 5.32 Å². The van der Waals surface area contributed by atoms with Gasteiger partial charge in [-0.3, -0.25) is 0 Å². The Hall–Kier alpha value is -1.50. The van der Waals surface area contributed by atoms with Gasteiger partial charge in [-0.1, -0.05) is 5.16 Å². The third-order valence-corrected chi connectivity index (χ3v) is 3.10. The number of nitrogens with zero attached hydrogens (tertiary/aromatic N) is 4. The Kier molecular flexibility index (Phi) is 2.53. The van der Waals surface area contributed by atoms with E-state index in [-0.39, 0.29) is 0 Å². The number of aromatic nitrogens is 4. The quantitative estimate of drug-likeness (QED) is 0.848. The van der Waals surface area contributed by atoms with Crippen LogP contribution >= 0.6 is 11.5 Å². The topological polar surface area (TPSA) is 76.7 Å². The van der Waals surface area contributed by atoms with E-state index in [4.69, 9.17) is 0 Å². The molecule has 2 aromatic heterocycles. The van der Waals surface area contributed by atoms with E-state index < -0.39 is 0 Å². The zero-order chi connectivity index (χ0) is 10.8. The van der Waals surface area contributed by atoms with Crippen LogP contribution in [0.4, 0.5) is 5.13 Å². The molecule has 0 aliphatic heterocycles. The monoisotopic (exact) mass is 237 g/mol. The fraction of sp³-hybridized carbons (Fsp3) is 0.556. The minimum Gasteiger partial charge on any atom is -0.360 e. The number of nitrogens with one attached hydrogen (secondary N) is 1. The van der Waals surface area contributed by atoms with E-state index in [1.54, 1.807) is 0 Å². The Balaban J connectivity index is 1.50. The van der Waals surface area contributed by atoms with Crippen molar-refractivity contribution in [2.24, 2.45) is 0 Å². The number of rotatable bonds is 5. The SMILES string of the molecule is c1nc(CCNc2nc(C3CC3)ns2)no1. The van der Waals surface area contributed by atoms with Gasteiger partial charge in [0.05, 0.1) is 0 Å². The minimum absolute atomic E-state index is 0.615. The van der Waals surface area contributed by atoms with E-state index in [0.717, 1.165) is 23.9 Å². The van der Waals surface area contributed by atoms with Crippen LogP contribution in [0, 0.1) is 0 Å². The molecule has 0 aromatic carbocycles. The number of anilines is 1. The molecule has 0 bridgehead atoms. The first-order chi connectivity index (χ1) is 7.92. The molecule has 0 amide bonds. The minimum atomic E-state index is 0.615. The predicted octanol–water partition coefficient (Wildman–Crippen LogP) is 1.45. The van der Waals surface area contributed by atoms with Gasteiger partial charge in [0.25, 0.3) is 0 Å². The van der Waals surface area contributed by atoms with Crippen molar-refractivity contribution in [3.8, 4) is 0 Å². The van der Waals surface area contributed by atoms with E-state index in [1.165, 1.54) is 30.8 Å². The lowest BCUT2D eigenvalue weighted by molar-refractivity contribution is 0.410. The second-order valence-electron chi connectivity index (χ2n) is 3.76. The molecule has 1 aliphatic rings. The van der Waals surface area contributed by atoms with Gasteiger partial charge in [0.15, 0.2) is 5.82 Å². The fourth-order valence-electron chi connectivity index (χ4n) is 1.40. The van der Waals surface area contributed by atoms with Gasteiger partial charge < -0.3 is 9.84 Å². The summed E-state index contributed by atoms with van der Waals surface area (Å²) in [7, 11) is 0. The number of hydrogen-bond acceptors (Lipinski definition) is 7. The molecule has 1 fully saturated rings. The van der Waals surface area contributed by atoms with Gasteiger partial charge in [0, 0.05) is 30.4 Å². The molecule has 0 spiro atoms. The lowest BCUT2D eigenvalue weighted by Gasteiger charge is -1.97. The van der Waals surface area contributed by atoms with Crippen LogP contribution in [0.3, 0.4) is 0 Å². The van der Waals surface area contributed by atoms with Gasteiger partial charge in [-0.15, -0.1) is 0 Å². The van der Waals surface area contributed by atoms with Crippen LogP contribution in [0.2, 0.25) is 0 Å². The van der Waals surface area contributed by atoms with Crippen molar-refractivity contribution >= 4 is 16.7 Å². The second kappa shape index (κ2) is 4.17. The molecule has 1 N–H and O–H groups in total. The largest absolute Gasteiger partial charge is 0.360 e. The molecule has 16 heavy (non-hydrogen) atoms. The third-order valence-electron chi connectivity index (χ3n) is 2.42. The van der Waals surface area contributed by atoms with Crippen molar-refractivity contribution in [1.29, 1.82) is 0 Å². The maximum absolute atomic E-state index is 4.65. The molecule has 3 rings (SSSR count). The summed E-state index contributed by atoms with van der Waals surface area (Å²) in [4.78, 5) is 8.36. The smallest absolute Gasteiger partial charge is 0.213 e. The van der Waals surface area contributed by atoms with Gasteiger partial charge in [-0.25, -0.2) is 4.98 Å². The number of hydrogen-bond donors (Lipinski definition) is 1. The Morgan fingerprint density at radius 1 is 1.50 bits per heavy atom. The summed E-state index contributed by atoms with van der Waals surface area (Å²) in [6, 6.07) is 0. The van der Waals surface area contributed by atoms with Crippen molar-refractivity contribution in [2.75, 3.05) is 11.9 Å². The van der Waals surface area contributed by atoms with Gasteiger partial charge in [0.2, 0.25) is 11.5 Å². The molecule has 1 saturated carbocycles. The van der Waals surface area contributed by atoms with Crippen LogP contribution in [-0.4, -0.2) is 26.0 Å². The van der Waals surface area contributed by atoms with Crippen LogP contribution in [0.1, 0.15) is 30.4 Å². The van der Waals surface area contributed by atoms with E-state index in [0.29, 0.717) is 11.7 Å². The van der Waals surface area contributed by atoms with Crippen LogP contribution in [0.25, 0.3) is 0 Å². The molecule has 0 atom stereocenters. The summed E-state index contributed by atoms with van der Waals surface area (Å²) in [5.41, 5.74) is 0. The van der Waals surface area contributed by atoms with E-state index >= 15 is 0 Å². The highest BCUT2D eigenvalue weighted by atomic mass is 32.1. The standard InChI is InChI=1S/C9H11N5OS/c1-2-6(1)8-12-9(16-14-8)10-4-3-7-11-5-15-13-7/h5-6H,1-4H2,(H,10,12,14). The van der Waals surface area contributed by atoms with E-state index in [9.17, 15) is 0 Å². The van der Waals surface area contributed by atoms with Crippen molar-refractivity contribution < 1.29 is 4.52 Å². The predicted molar refractivity (Wildman–Crippen MR) is 58.4 cm³/mol. The molecule has 6 nitrogen and oxygen atoms in total. The highest BCUT2D eigenvalue weighted by molar-refractivity contribution is 7.09. The van der Waals surface area contributed by atoms with Crippen molar-refractivity contribution in [3.05, 3.63) is 18.0 Å². The van der Waals surface area contributed by atoms with E-state index in [1.807, 2.05) is 0 Å². The molecule has 0 radical (unpaired) electrons. The molecule has 0 unspecified atom stereocenters. The maximum Gasteiger partial charge on any atom is 0.213 e. The second-order valence-corrected chi connectivity index (χ2v) is 4.51. The van der Waals surface area contributed by atoms with Gasteiger partial charge >= 0.3 is 0 Å². The molecular weight excluding hydrogens is 226 g/mol. The highest BCUT2D eigenvalue weighted by Crippen LogP contribution is 2.39. The van der Waals surface area contributed by atoms with Gasteiger partial charge in [0.1, 0.15) is 5.82 Å². The lowest BCUT2D eigenvalue weighted by atomic mass is 10.4. The summed E-state index contributed by atoms with van der Waals surface area (Å²) in [5, 5.41) is 7.82. The first kappa shape index (κ1) is 9.71. The fourth-order valence-corrected chi connectivity index (χ4v) is 2.07. The lowest BCUT2D eigenvalue weighted by Crippen LogP contribution is -2.05. The van der Waals surface area contributed by atoms with Gasteiger partial charge in [-0.05, 0) is 12.8 Å². The first-order valence-corrected chi connectivity index (χ1v) is 6.02. The highest BCUT2D eigenvalue weighted by Gasteiger charge is 2.27. The average Bonchev–Trinajstić information content (AvgIpc) is 2.83. The molecule has 2 heterocycles. The zero-order valence-electron chi connectivity index (χ0n) is 8.59. The maximum atomic E-state index is 4.65. The van der Waals surface area contributed by atoms with Gasteiger partial charge in [-0.2, -0.15) is 9.36 Å². The molecule has 2 aromatic rings. The average molecular weight is 237 g/mol. The summed E-state index contributed by atoms with van der Waals surface area (Å²) < 4.78 is 8.96. The van der Waals surface area contributed by atoms with Crippen LogP contribution in [0.15, 0.2) is 10.9 Å². The zero-order valence-corrected chi connectivity index (χ0v) is 9.40. The molecule has 1 aliphatic carbocycles. The molecule has 84 valence electrons. The summed E-state index contributed by atoms with van der Waals surface area (Å²) in [6.45, 7) is 0.749.